The highest BCUT2D eigenvalue weighted by molar-refractivity contribution is 6.39. The molecule has 116 valence electrons. The molecule has 4 nitrogen and oxygen atoms in total. The number of hydrogen-bond donors (Lipinski definition) is 1. The van der Waals surface area contributed by atoms with Crippen molar-refractivity contribution >= 4 is 34.8 Å². The third kappa shape index (κ3) is 4.85. The van der Waals surface area contributed by atoms with Crippen molar-refractivity contribution in [1.82, 2.24) is 4.90 Å². The van der Waals surface area contributed by atoms with E-state index in [1.165, 1.54) is 0 Å². The number of carbonyl (C=O) groups is 1. The maximum absolute atomic E-state index is 12.0. The SMILES string of the molecule is C[C@@H]1CN(CCC(=O)Nc2c(Cl)cccc2Cl)C[C@H](C)O1. The summed E-state index contributed by atoms with van der Waals surface area (Å²) in [4.78, 5) is 14.3. The molecule has 0 radical (unpaired) electrons. The van der Waals surface area contributed by atoms with Crippen LogP contribution in [0.3, 0.4) is 0 Å². The van der Waals surface area contributed by atoms with Gasteiger partial charge in [-0.25, -0.2) is 0 Å². The Labute approximate surface area is 135 Å². The number of rotatable bonds is 4. The van der Waals surface area contributed by atoms with Crippen LogP contribution >= 0.6 is 23.2 Å². The van der Waals surface area contributed by atoms with Crippen molar-refractivity contribution in [3.05, 3.63) is 28.2 Å². The first-order valence-electron chi connectivity index (χ1n) is 7.07. The highest BCUT2D eigenvalue weighted by atomic mass is 35.5. The Kier molecular flexibility index (Phi) is 5.88. The zero-order valence-corrected chi connectivity index (χ0v) is 13.7. The summed E-state index contributed by atoms with van der Waals surface area (Å²) in [6.07, 6.45) is 0.811. The van der Waals surface area contributed by atoms with Gasteiger partial charge in [0.25, 0.3) is 0 Å². The summed E-state index contributed by atoms with van der Waals surface area (Å²) in [6, 6.07) is 5.15. The van der Waals surface area contributed by atoms with Gasteiger partial charge >= 0.3 is 0 Å². The van der Waals surface area contributed by atoms with Crippen LogP contribution < -0.4 is 5.32 Å². The van der Waals surface area contributed by atoms with E-state index in [9.17, 15) is 4.79 Å². The molecule has 0 bridgehead atoms. The van der Waals surface area contributed by atoms with Gasteiger partial charge in [-0.1, -0.05) is 29.3 Å². The second kappa shape index (κ2) is 7.45. The van der Waals surface area contributed by atoms with Crippen LogP contribution in [0.5, 0.6) is 0 Å². The number of nitrogens with zero attached hydrogens (tertiary/aromatic N) is 1. The molecule has 0 unspecified atom stereocenters. The topological polar surface area (TPSA) is 41.6 Å². The van der Waals surface area contributed by atoms with Crippen LogP contribution in [0.2, 0.25) is 10.0 Å². The second-order valence-electron chi connectivity index (χ2n) is 5.41. The van der Waals surface area contributed by atoms with Gasteiger partial charge in [0.2, 0.25) is 5.91 Å². The lowest BCUT2D eigenvalue weighted by atomic mass is 10.2. The van der Waals surface area contributed by atoms with Crippen molar-refractivity contribution in [1.29, 1.82) is 0 Å². The molecule has 0 aliphatic carbocycles. The first kappa shape index (κ1) is 16.6. The molecule has 0 aromatic heterocycles. The minimum Gasteiger partial charge on any atom is -0.373 e. The molecular weight excluding hydrogens is 311 g/mol. The van der Waals surface area contributed by atoms with Crippen LogP contribution in [-0.4, -0.2) is 42.6 Å². The number of para-hydroxylation sites is 1. The fraction of sp³-hybridized carbons (Fsp3) is 0.533. The molecule has 1 aromatic carbocycles. The lowest BCUT2D eigenvalue weighted by molar-refractivity contribution is -0.117. The van der Waals surface area contributed by atoms with E-state index >= 15 is 0 Å². The molecule has 0 spiro atoms. The second-order valence-corrected chi connectivity index (χ2v) is 6.23. The van der Waals surface area contributed by atoms with Crippen molar-refractivity contribution in [2.75, 3.05) is 25.0 Å². The normalized spacial score (nSPS) is 23.0. The van der Waals surface area contributed by atoms with E-state index < -0.39 is 0 Å². The first-order chi connectivity index (χ1) is 9.95. The van der Waals surface area contributed by atoms with Crippen molar-refractivity contribution in [3.63, 3.8) is 0 Å². The monoisotopic (exact) mass is 330 g/mol. The molecule has 1 aliphatic rings. The summed E-state index contributed by atoms with van der Waals surface area (Å²) in [5.41, 5.74) is 0.481. The number of ether oxygens (including phenoxy) is 1. The smallest absolute Gasteiger partial charge is 0.225 e. The van der Waals surface area contributed by atoms with E-state index in [1.807, 2.05) is 13.8 Å². The van der Waals surface area contributed by atoms with Crippen molar-refractivity contribution < 1.29 is 9.53 Å². The Morgan fingerprint density at radius 3 is 2.43 bits per heavy atom. The lowest BCUT2D eigenvalue weighted by Gasteiger charge is -2.35. The summed E-state index contributed by atoms with van der Waals surface area (Å²) >= 11 is 12.1. The van der Waals surface area contributed by atoms with E-state index in [0.29, 0.717) is 28.7 Å². The molecule has 2 atom stereocenters. The third-order valence-corrected chi connectivity index (χ3v) is 4.01. The average molecular weight is 331 g/mol. The van der Waals surface area contributed by atoms with Gasteiger partial charge in [0, 0.05) is 26.1 Å². The summed E-state index contributed by atoms with van der Waals surface area (Å²) < 4.78 is 5.67. The van der Waals surface area contributed by atoms with Crippen molar-refractivity contribution in [2.24, 2.45) is 0 Å². The highest BCUT2D eigenvalue weighted by Crippen LogP contribution is 2.29. The fourth-order valence-corrected chi connectivity index (χ4v) is 3.04. The Balaban J connectivity index is 1.85. The van der Waals surface area contributed by atoms with E-state index in [2.05, 4.69) is 10.2 Å². The molecule has 21 heavy (non-hydrogen) atoms. The number of carbonyl (C=O) groups excluding carboxylic acids is 1. The summed E-state index contributed by atoms with van der Waals surface area (Å²) in [5.74, 6) is -0.0863. The Bertz CT molecular complexity index is 480. The van der Waals surface area contributed by atoms with Crippen LogP contribution in [0.15, 0.2) is 18.2 Å². The quantitative estimate of drug-likeness (QED) is 0.919. The minimum atomic E-state index is -0.0863. The van der Waals surface area contributed by atoms with Gasteiger partial charge in [-0.2, -0.15) is 0 Å². The van der Waals surface area contributed by atoms with E-state index in [1.54, 1.807) is 18.2 Å². The van der Waals surface area contributed by atoms with Crippen LogP contribution in [0, 0.1) is 0 Å². The van der Waals surface area contributed by atoms with Gasteiger partial charge in [-0.15, -0.1) is 0 Å². The van der Waals surface area contributed by atoms with Gasteiger partial charge in [0.15, 0.2) is 0 Å². The fourth-order valence-electron chi connectivity index (χ4n) is 2.55. The number of morpholine rings is 1. The number of anilines is 1. The van der Waals surface area contributed by atoms with Crippen molar-refractivity contribution in [2.45, 2.75) is 32.5 Å². The number of hydrogen-bond acceptors (Lipinski definition) is 3. The summed E-state index contributed by atoms with van der Waals surface area (Å²) in [5, 5.41) is 3.68. The average Bonchev–Trinajstić information content (AvgIpc) is 2.40. The predicted molar refractivity (Wildman–Crippen MR) is 86.2 cm³/mol. The predicted octanol–water partition coefficient (Wildman–Crippen LogP) is 3.43. The largest absolute Gasteiger partial charge is 0.373 e. The number of amides is 1. The molecule has 1 amide bonds. The maximum Gasteiger partial charge on any atom is 0.225 e. The number of halogens is 2. The molecule has 1 aromatic rings. The number of benzene rings is 1. The van der Waals surface area contributed by atoms with Gasteiger partial charge in [0.05, 0.1) is 27.9 Å². The van der Waals surface area contributed by atoms with E-state index in [0.717, 1.165) is 13.1 Å². The zero-order chi connectivity index (χ0) is 15.4. The van der Waals surface area contributed by atoms with E-state index in [4.69, 9.17) is 27.9 Å². The molecular formula is C15H20Cl2N2O2. The molecule has 0 saturated carbocycles. The van der Waals surface area contributed by atoms with Crippen LogP contribution in [-0.2, 0) is 9.53 Å². The highest BCUT2D eigenvalue weighted by Gasteiger charge is 2.22. The van der Waals surface area contributed by atoms with Gasteiger partial charge in [-0.3, -0.25) is 9.69 Å². The van der Waals surface area contributed by atoms with Gasteiger partial charge < -0.3 is 10.1 Å². The van der Waals surface area contributed by atoms with Crippen LogP contribution in [0.4, 0.5) is 5.69 Å². The minimum absolute atomic E-state index is 0.0863. The third-order valence-electron chi connectivity index (χ3n) is 3.38. The van der Waals surface area contributed by atoms with Crippen molar-refractivity contribution in [3.8, 4) is 0 Å². The van der Waals surface area contributed by atoms with E-state index in [-0.39, 0.29) is 18.1 Å². The Morgan fingerprint density at radius 2 is 1.86 bits per heavy atom. The molecule has 6 heteroatoms. The summed E-state index contributed by atoms with van der Waals surface area (Å²) in [7, 11) is 0. The lowest BCUT2D eigenvalue weighted by Crippen LogP contribution is -2.46. The molecule has 1 heterocycles. The maximum atomic E-state index is 12.0. The number of nitrogens with one attached hydrogen (secondary N) is 1. The van der Waals surface area contributed by atoms with Gasteiger partial charge in [-0.05, 0) is 26.0 Å². The standard InChI is InChI=1S/C15H20Cl2N2O2/c1-10-8-19(9-11(2)21-10)7-6-14(20)18-15-12(16)4-3-5-13(15)17/h3-5,10-11H,6-9H2,1-2H3,(H,18,20)/t10-,11+. The Morgan fingerprint density at radius 1 is 1.29 bits per heavy atom. The Hall–Kier alpha value is -0.810. The van der Waals surface area contributed by atoms with Gasteiger partial charge in [0.1, 0.15) is 0 Å². The van der Waals surface area contributed by atoms with Crippen LogP contribution in [0.1, 0.15) is 20.3 Å². The first-order valence-corrected chi connectivity index (χ1v) is 7.83. The molecule has 1 aliphatic heterocycles. The molecule has 1 fully saturated rings. The zero-order valence-electron chi connectivity index (χ0n) is 12.2. The summed E-state index contributed by atoms with van der Waals surface area (Å²) in [6.45, 7) is 6.50. The molecule has 1 saturated heterocycles. The molecule has 1 N–H and O–H groups in total. The molecule has 2 rings (SSSR count). The van der Waals surface area contributed by atoms with Crippen LogP contribution in [0.25, 0.3) is 0 Å².